The second kappa shape index (κ2) is 6.56. The summed E-state index contributed by atoms with van der Waals surface area (Å²) in [5, 5.41) is 1.26. The summed E-state index contributed by atoms with van der Waals surface area (Å²) in [4.78, 5) is 6.61. The average Bonchev–Trinajstić information content (AvgIpc) is 3.12. The van der Waals surface area contributed by atoms with Crippen LogP contribution in [0.15, 0.2) is 54.7 Å². The third kappa shape index (κ3) is 3.88. The van der Waals surface area contributed by atoms with Gasteiger partial charge in [0.15, 0.2) is 6.21 Å². The molecule has 0 saturated carbocycles. The Labute approximate surface area is 139 Å². The van der Waals surface area contributed by atoms with Crippen LogP contribution in [0, 0.1) is 10.2 Å². The SMILES string of the molecule is C1=[NH+]c2ccccc2/C1=C/c1c[nH]c2ccccc12.[O-][Cl+3]([O-])([O-])[O-]. The first-order valence-electron chi connectivity index (χ1n) is 7.00. The van der Waals surface area contributed by atoms with Crippen molar-refractivity contribution < 1.29 is 33.9 Å². The topological polar surface area (TPSA) is 122 Å². The first-order valence-corrected chi connectivity index (χ1v) is 8.24. The van der Waals surface area contributed by atoms with Crippen LogP contribution in [0.3, 0.4) is 0 Å². The maximum atomic E-state index is 8.49. The van der Waals surface area contributed by atoms with Gasteiger partial charge >= 0.3 is 0 Å². The van der Waals surface area contributed by atoms with Gasteiger partial charge in [-0.05, 0) is 18.2 Å². The summed E-state index contributed by atoms with van der Waals surface area (Å²) in [5.74, 6) is 0. The van der Waals surface area contributed by atoms with Crippen LogP contribution in [-0.4, -0.2) is 11.2 Å². The predicted octanol–water partition coefficient (Wildman–Crippen LogP) is -2.25. The zero-order chi connectivity index (χ0) is 17.2. The number of hydrogen-bond acceptors (Lipinski definition) is 4. The monoisotopic (exact) mass is 344 g/mol. The van der Waals surface area contributed by atoms with Gasteiger partial charge < -0.3 is 4.98 Å². The van der Waals surface area contributed by atoms with Gasteiger partial charge in [0.1, 0.15) is 0 Å². The normalized spacial score (nSPS) is 14.6. The van der Waals surface area contributed by atoms with E-state index in [1.807, 2.05) is 12.1 Å². The summed E-state index contributed by atoms with van der Waals surface area (Å²) < 4.78 is 34.0. The zero-order valence-corrected chi connectivity index (χ0v) is 13.1. The average molecular weight is 345 g/mol. The van der Waals surface area contributed by atoms with Gasteiger partial charge in [-0.1, -0.05) is 30.3 Å². The van der Waals surface area contributed by atoms with E-state index in [2.05, 4.69) is 64.9 Å². The van der Waals surface area contributed by atoms with Crippen LogP contribution in [0.4, 0.5) is 5.69 Å². The highest BCUT2D eigenvalue weighted by Crippen LogP contribution is 2.26. The molecule has 0 unspecified atom stereocenters. The van der Waals surface area contributed by atoms with Gasteiger partial charge in [-0.25, -0.2) is 23.6 Å². The standard InChI is InChI=1S/C17H12N2.ClHO4/c1-3-7-16-14(5-1)12(10-18-16)9-13-11-19-17-8-4-2-6-15(13)17;2-1(3,4)5/h1-11,18H;(H,2,3,4,5)/b13-9+;. The number of para-hydroxylation sites is 2. The van der Waals surface area contributed by atoms with Crippen molar-refractivity contribution in [3.05, 3.63) is 65.9 Å². The van der Waals surface area contributed by atoms with Gasteiger partial charge in [-0.2, -0.15) is 0 Å². The third-order valence-electron chi connectivity index (χ3n) is 3.55. The zero-order valence-electron chi connectivity index (χ0n) is 12.4. The Balaban J connectivity index is 0.000000300. The molecule has 0 spiro atoms. The van der Waals surface area contributed by atoms with Crippen molar-refractivity contribution in [3.63, 3.8) is 0 Å². The fourth-order valence-electron chi connectivity index (χ4n) is 2.59. The van der Waals surface area contributed by atoms with Crippen molar-refractivity contribution in [1.82, 2.24) is 4.98 Å². The molecule has 0 bridgehead atoms. The molecule has 7 heteroatoms. The first-order chi connectivity index (χ1) is 11.4. The molecule has 3 aromatic rings. The predicted molar refractivity (Wildman–Crippen MR) is 79.3 cm³/mol. The van der Waals surface area contributed by atoms with E-state index in [-0.39, 0.29) is 0 Å². The molecule has 2 aromatic carbocycles. The van der Waals surface area contributed by atoms with Crippen molar-refractivity contribution in [2.75, 3.05) is 0 Å². The van der Waals surface area contributed by atoms with Crippen molar-refractivity contribution in [2.45, 2.75) is 0 Å². The van der Waals surface area contributed by atoms with E-state index in [9.17, 15) is 0 Å². The van der Waals surface area contributed by atoms with Gasteiger partial charge in [0.05, 0.1) is 11.1 Å². The molecule has 0 atom stereocenters. The molecule has 0 saturated heterocycles. The molecule has 1 aliphatic rings. The quantitative estimate of drug-likeness (QED) is 0.517. The number of H-pyrrole nitrogens is 1. The lowest BCUT2D eigenvalue weighted by molar-refractivity contribution is -2.00. The fourth-order valence-corrected chi connectivity index (χ4v) is 2.59. The molecule has 0 radical (unpaired) electrons. The van der Waals surface area contributed by atoms with Crippen molar-refractivity contribution in [3.8, 4) is 0 Å². The second-order valence-corrected chi connectivity index (χ2v) is 5.86. The van der Waals surface area contributed by atoms with Crippen LogP contribution in [0.2, 0.25) is 0 Å². The lowest BCUT2D eigenvalue weighted by Gasteiger charge is -2.17. The number of benzene rings is 2. The minimum atomic E-state index is -4.94. The van der Waals surface area contributed by atoms with Gasteiger partial charge in [0.25, 0.3) is 0 Å². The maximum Gasteiger partial charge on any atom is 0.211 e. The molecule has 4 rings (SSSR count). The first kappa shape index (κ1) is 16.4. The molecule has 0 amide bonds. The maximum absolute atomic E-state index is 8.49. The number of allylic oxidation sites excluding steroid dienone is 1. The minimum Gasteiger partial charge on any atom is -0.361 e. The Hall–Kier alpha value is -2.48. The molecule has 2 heterocycles. The molecule has 122 valence electrons. The van der Waals surface area contributed by atoms with Crippen molar-refractivity contribution >= 4 is 34.5 Å². The summed E-state index contributed by atoms with van der Waals surface area (Å²) >= 11 is 0. The van der Waals surface area contributed by atoms with E-state index in [4.69, 9.17) is 18.6 Å². The number of nitrogens with one attached hydrogen (secondary N) is 2. The van der Waals surface area contributed by atoms with Gasteiger partial charge in [0, 0.05) is 28.7 Å². The van der Waals surface area contributed by atoms with E-state index in [1.54, 1.807) is 0 Å². The van der Waals surface area contributed by atoms with E-state index in [1.165, 1.54) is 33.3 Å². The Kier molecular flexibility index (Phi) is 4.48. The largest absolute Gasteiger partial charge is 0.361 e. The number of aromatic amines is 1. The summed E-state index contributed by atoms with van der Waals surface area (Å²) in [6, 6.07) is 16.7. The lowest BCUT2D eigenvalue weighted by Crippen LogP contribution is -2.68. The van der Waals surface area contributed by atoms with Crippen molar-refractivity contribution in [2.24, 2.45) is 0 Å². The number of rotatable bonds is 1. The van der Waals surface area contributed by atoms with Crippen LogP contribution in [0.1, 0.15) is 11.1 Å². The Bertz CT molecular complexity index is 919. The fraction of sp³-hybridized carbons (Fsp3) is 0. The molecule has 2 N–H and O–H groups in total. The molecule has 1 aromatic heterocycles. The summed E-state index contributed by atoms with van der Waals surface area (Å²) in [7, 11) is -4.94. The lowest BCUT2D eigenvalue weighted by atomic mass is 10.0. The Morgan fingerprint density at radius 1 is 0.917 bits per heavy atom. The van der Waals surface area contributed by atoms with Gasteiger partial charge in [-0.15, -0.1) is 10.2 Å². The van der Waals surface area contributed by atoms with E-state index in [0.717, 1.165) is 0 Å². The minimum absolute atomic E-state index is 1.17. The van der Waals surface area contributed by atoms with E-state index < -0.39 is 10.2 Å². The molecule has 1 aliphatic heterocycles. The van der Waals surface area contributed by atoms with Crippen LogP contribution in [-0.2, 0) is 0 Å². The third-order valence-corrected chi connectivity index (χ3v) is 3.55. The highest BCUT2D eigenvalue weighted by molar-refractivity contribution is 6.18. The summed E-state index contributed by atoms with van der Waals surface area (Å²) in [6.07, 6.45) is 6.34. The Morgan fingerprint density at radius 2 is 1.58 bits per heavy atom. The van der Waals surface area contributed by atoms with Crippen LogP contribution in [0.5, 0.6) is 0 Å². The van der Waals surface area contributed by atoms with Gasteiger partial charge in [-0.3, -0.25) is 0 Å². The van der Waals surface area contributed by atoms with E-state index >= 15 is 0 Å². The van der Waals surface area contributed by atoms with Crippen LogP contribution >= 0.6 is 0 Å². The molecule has 0 aliphatic carbocycles. The highest BCUT2D eigenvalue weighted by atomic mass is 35.7. The van der Waals surface area contributed by atoms with Crippen LogP contribution in [0.25, 0.3) is 22.6 Å². The number of fused-ring (bicyclic) bond motifs is 2. The van der Waals surface area contributed by atoms with Crippen molar-refractivity contribution in [1.29, 1.82) is 0 Å². The highest BCUT2D eigenvalue weighted by Gasteiger charge is 2.17. The number of hydrogen-bond donors (Lipinski definition) is 2. The molecule has 0 fully saturated rings. The van der Waals surface area contributed by atoms with Gasteiger partial charge in [0.2, 0.25) is 5.69 Å². The molecular formula is C17H13ClN2O4. The molecule has 6 nitrogen and oxygen atoms in total. The number of aromatic nitrogens is 1. The summed E-state index contributed by atoms with van der Waals surface area (Å²) in [5.41, 5.74) is 6.05. The molecule has 24 heavy (non-hydrogen) atoms. The molecular weight excluding hydrogens is 332 g/mol. The van der Waals surface area contributed by atoms with Crippen LogP contribution < -0.4 is 23.6 Å². The number of halogens is 1. The smallest absolute Gasteiger partial charge is 0.211 e. The Morgan fingerprint density at radius 3 is 2.38 bits per heavy atom. The second-order valence-electron chi connectivity index (χ2n) is 5.10. The summed E-state index contributed by atoms with van der Waals surface area (Å²) in [6.45, 7) is 0. The van der Waals surface area contributed by atoms with E-state index in [0.29, 0.717) is 0 Å².